The van der Waals surface area contributed by atoms with E-state index in [4.69, 9.17) is 5.10 Å². The molecule has 2 saturated heterocycles. The van der Waals surface area contributed by atoms with Crippen LogP contribution in [-0.2, 0) is 17.9 Å². The fraction of sp³-hybridized carbons (Fsp3) is 0.524. The number of likely N-dealkylation sites (tertiary alicyclic amines) is 1. The Morgan fingerprint density at radius 1 is 1.23 bits per heavy atom. The maximum Gasteiger partial charge on any atom is 0.223 e. The molecule has 1 N–H and O–H groups in total. The average Bonchev–Trinajstić information content (AvgIpc) is 3.19. The summed E-state index contributed by atoms with van der Waals surface area (Å²) in [4.78, 5) is 14.3. The van der Waals surface area contributed by atoms with Crippen LogP contribution in [-0.4, -0.2) is 40.2 Å². The minimum Gasteiger partial charge on any atom is -0.355 e. The molecule has 0 bridgehead atoms. The van der Waals surface area contributed by atoms with Crippen LogP contribution in [0.4, 0.5) is 0 Å². The zero-order valence-corrected chi connectivity index (χ0v) is 15.7. The quantitative estimate of drug-likeness (QED) is 0.900. The van der Waals surface area contributed by atoms with Crippen LogP contribution in [0.25, 0.3) is 0 Å². The van der Waals surface area contributed by atoms with Crippen LogP contribution < -0.4 is 5.32 Å². The lowest BCUT2D eigenvalue weighted by atomic mass is 9.88. The van der Waals surface area contributed by atoms with E-state index in [2.05, 4.69) is 59.2 Å². The fourth-order valence-corrected chi connectivity index (χ4v) is 4.34. The van der Waals surface area contributed by atoms with Crippen molar-refractivity contribution in [3.05, 3.63) is 53.3 Å². The third kappa shape index (κ3) is 3.54. The molecule has 0 radical (unpaired) electrons. The van der Waals surface area contributed by atoms with Crippen LogP contribution in [0, 0.1) is 11.8 Å². The monoisotopic (exact) mass is 352 g/mol. The molecule has 2 aromatic rings. The number of benzene rings is 1. The molecule has 1 aromatic carbocycles. The van der Waals surface area contributed by atoms with Gasteiger partial charge in [0.15, 0.2) is 0 Å². The van der Waals surface area contributed by atoms with Crippen molar-refractivity contribution in [1.29, 1.82) is 0 Å². The first-order valence-electron chi connectivity index (χ1n) is 9.70. The molecular weight excluding hydrogens is 324 g/mol. The van der Waals surface area contributed by atoms with Gasteiger partial charge in [-0.15, -0.1) is 0 Å². The van der Waals surface area contributed by atoms with E-state index in [0.717, 1.165) is 39.1 Å². The summed E-state index contributed by atoms with van der Waals surface area (Å²) in [6.07, 6.45) is 3.19. The molecular formula is C21H28N4O. The first-order valence-corrected chi connectivity index (χ1v) is 9.70. The fourth-order valence-electron chi connectivity index (χ4n) is 4.34. The van der Waals surface area contributed by atoms with E-state index in [-0.39, 0.29) is 11.8 Å². The molecule has 2 aliphatic rings. The maximum absolute atomic E-state index is 11.9. The highest BCUT2D eigenvalue weighted by atomic mass is 16.2. The van der Waals surface area contributed by atoms with E-state index in [9.17, 15) is 4.79 Å². The number of aromatic nitrogens is 2. The van der Waals surface area contributed by atoms with Crippen molar-refractivity contribution in [1.82, 2.24) is 20.0 Å². The van der Waals surface area contributed by atoms with Gasteiger partial charge >= 0.3 is 0 Å². The molecule has 138 valence electrons. The number of amides is 1. The third-order valence-corrected chi connectivity index (χ3v) is 5.69. The summed E-state index contributed by atoms with van der Waals surface area (Å²) in [5, 5.41) is 7.90. The van der Waals surface area contributed by atoms with Crippen molar-refractivity contribution in [2.24, 2.45) is 11.8 Å². The summed E-state index contributed by atoms with van der Waals surface area (Å²) >= 11 is 0. The third-order valence-electron chi connectivity index (χ3n) is 5.69. The average molecular weight is 352 g/mol. The Hall–Kier alpha value is -2.14. The van der Waals surface area contributed by atoms with E-state index in [1.54, 1.807) is 0 Å². The molecule has 5 nitrogen and oxygen atoms in total. The largest absolute Gasteiger partial charge is 0.355 e. The summed E-state index contributed by atoms with van der Waals surface area (Å²) in [5.74, 6) is 1.37. The van der Waals surface area contributed by atoms with Crippen molar-refractivity contribution in [3.8, 4) is 0 Å². The van der Waals surface area contributed by atoms with Crippen molar-refractivity contribution in [3.63, 3.8) is 0 Å². The topological polar surface area (TPSA) is 50.2 Å². The lowest BCUT2D eigenvalue weighted by molar-refractivity contribution is -0.124. The van der Waals surface area contributed by atoms with Crippen molar-refractivity contribution in [2.45, 2.75) is 39.3 Å². The normalized spacial score (nSPS) is 23.3. The van der Waals surface area contributed by atoms with Crippen LogP contribution in [0.15, 0.2) is 36.5 Å². The Kier molecular flexibility index (Phi) is 4.81. The number of carbonyl (C=O) groups excluding carboxylic acids is 1. The highest BCUT2D eigenvalue weighted by Gasteiger charge is 2.38. The number of rotatable bonds is 5. The highest BCUT2D eigenvalue weighted by Crippen LogP contribution is 2.29. The lowest BCUT2D eigenvalue weighted by Gasteiger charge is -2.33. The Morgan fingerprint density at radius 3 is 2.81 bits per heavy atom. The van der Waals surface area contributed by atoms with Gasteiger partial charge in [0.1, 0.15) is 0 Å². The molecule has 1 amide bonds. The van der Waals surface area contributed by atoms with Gasteiger partial charge in [-0.05, 0) is 24.4 Å². The second-order valence-electron chi connectivity index (χ2n) is 8.01. The van der Waals surface area contributed by atoms with Crippen molar-refractivity contribution >= 4 is 5.91 Å². The molecule has 0 saturated carbocycles. The van der Waals surface area contributed by atoms with E-state index >= 15 is 0 Å². The van der Waals surface area contributed by atoms with Gasteiger partial charge in [-0.1, -0.05) is 44.2 Å². The Bertz CT molecular complexity index is 768. The Balaban J connectivity index is 1.48. The van der Waals surface area contributed by atoms with Gasteiger partial charge in [0, 0.05) is 43.2 Å². The van der Waals surface area contributed by atoms with Crippen LogP contribution >= 0.6 is 0 Å². The van der Waals surface area contributed by atoms with E-state index in [0.29, 0.717) is 11.8 Å². The molecule has 3 heterocycles. The molecule has 5 heteroatoms. The van der Waals surface area contributed by atoms with Crippen LogP contribution in [0.1, 0.15) is 43.0 Å². The van der Waals surface area contributed by atoms with Gasteiger partial charge in [0.2, 0.25) is 5.91 Å². The molecule has 2 fully saturated rings. The molecule has 0 aliphatic carbocycles. The van der Waals surface area contributed by atoms with Gasteiger partial charge < -0.3 is 5.32 Å². The van der Waals surface area contributed by atoms with Crippen molar-refractivity contribution < 1.29 is 4.79 Å². The smallest absolute Gasteiger partial charge is 0.223 e. The molecule has 26 heavy (non-hydrogen) atoms. The Labute approximate surface area is 155 Å². The van der Waals surface area contributed by atoms with Crippen molar-refractivity contribution in [2.75, 3.05) is 19.6 Å². The summed E-state index contributed by atoms with van der Waals surface area (Å²) < 4.78 is 2.08. The number of piperidine rings is 1. The molecule has 2 aliphatic heterocycles. The van der Waals surface area contributed by atoms with Gasteiger partial charge in [0.05, 0.1) is 12.2 Å². The number of nitrogens with one attached hydrogen (secondary N) is 1. The standard InChI is InChI=1S/C21H28N4O/c1-15(2)20-18(14-25(23-20)11-16-6-4-3-5-7-16)13-24-9-8-19-17(12-24)10-22-21(19)26/h3-7,14-15,17,19H,8-13H2,1-2H3,(H,22,26)/t17-,19+/m0/s1. The van der Waals surface area contributed by atoms with Crippen LogP contribution in [0.5, 0.6) is 0 Å². The van der Waals surface area contributed by atoms with Crippen LogP contribution in [0.3, 0.4) is 0 Å². The van der Waals surface area contributed by atoms with Gasteiger partial charge in [-0.2, -0.15) is 5.10 Å². The number of fused-ring (bicyclic) bond motifs is 1. The van der Waals surface area contributed by atoms with Crippen LogP contribution in [0.2, 0.25) is 0 Å². The highest BCUT2D eigenvalue weighted by molar-refractivity contribution is 5.81. The second-order valence-corrected chi connectivity index (χ2v) is 8.01. The molecule has 1 aromatic heterocycles. The summed E-state index contributed by atoms with van der Waals surface area (Å²) in [6.45, 7) is 9.00. The van der Waals surface area contributed by atoms with Gasteiger partial charge in [-0.3, -0.25) is 14.4 Å². The Morgan fingerprint density at radius 2 is 2.04 bits per heavy atom. The number of hydrogen-bond acceptors (Lipinski definition) is 3. The minimum absolute atomic E-state index is 0.233. The SMILES string of the molecule is CC(C)c1nn(Cc2ccccc2)cc1CN1CC[C@H]2C(=O)NC[C@H]2C1. The second kappa shape index (κ2) is 7.23. The zero-order valence-electron chi connectivity index (χ0n) is 15.7. The van der Waals surface area contributed by atoms with E-state index < -0.39 is 0 Å². The predicted molar refractivity (Wildman–Crippen MR) is 102 cm³/mol. The number of carbonyl (C=O) groups is 1. The summed E-state index contributed by atoms with van der Waals surface area (Å²) in [5.41, 5.74) is 3.79. The summed E-state index contributed by atoms with van der Waals surface area (Å²) in [6, 6.07) is 10.5. The van der Waals surface area contributed by atoms with Gasteiger partial charge in [0.25, 0.3) is 0 Å². The lowest BCUT2D eigenvalue weighted by Crippen LogP contribution is -2.40. The zero-order chi connectivity index (χ0) is 18.1. The maximum atomic E-state index is 11.9. The van der Waals surface area contributed by atoms with E-state index in [1.165, 1.54) is 16.8 Å². The van der Waals surface area contributed by atoms with Gasteiger partial charge in [-0.25, -0.2) is 0 Å². The predicted octanol–water partition coefficient (Wildman–Crippen LogP) is 2.62. The number of nitrogens with zero attached hydrogens (tertiary/aromatic N) is 3. The molecule has 4 rings (SSSR count). The first kappa shape index (κ1) is 17.3. The molecule has 0 unspecified atom stereocenters. The van der Waals surface area contributed by atoms with E-state index in [1.807, 2.05) is 6.07 Å². The molecule has 0 spiro atoms. The molecule has 2 atom stereocenters. The summed E-state index contributed by atoms with van der Waals surface area (Å²) in [7, 11) is 0. The first-order chi connectivity index (χ1) is 12.6. The number of hydrogen-bond donors (Lipinski definition) is 1. The minimum atomic E-state index is 0.233.